The summed E-state index contributed by atoms with van der Waals surface area (Å²) in [5.74, 6) is -0.838. The summed E-state index contributed by atoms with van der Waals surface area (Å²) in [5.41, 5.74) is 11.3. The summed E-state index contributed by atoms with van der Waals surface area (Å²) in [7, 11) is 0. The molecule has 0 aliphatic rings. The first-order valence-electron chi connectivity index (χ1n) is 4.08. The molecule has 0 fully saturated rings. The average molecular weight is 193 g/mol. The molecule has 1 heterocycles. The van der Waals surface area contributed by atoms with E-state index < -0.39 is 11.8 Å². The van der Waals surface area contributed by atoms with Gasteiger partial charge in [-0.2, -0.15) is 0 Å². The van der Waals surface area contributed by atoms with Gasteiger partial charge < -0.3 is 11.5 Å². The van der Waals surface area contributed by atoms with E-state index in [0.29, 0.717) is 5.69 Å². The largest absolute Gasteiger partial charge is 0.369 e. The molecule has 14 heavy (non-hydrogen) atoms. The van der Waals surface area contributed by atoms with Crippen molar-refractivity contribution in [2.24, 2.45) is 11.5 Å². The first-order chi connectivity index (χ1) is 6.58. The lowest BCUT2D eigenvalue weighted by Crippen LogP contribution is -2.15. The Labute approximate surface area is 81.1 Å². The van der Waals surface area contributed by atoms with Gasteiger partial charge in [0.15, 0.2) is 0 Å². The van der Waals surface area contributed by atoms with Gasteiger partial charge in [0.05, 0.1) is 12.8 Å². The van der Waals surface area contributed by atoms with Crippen molar-refractivity contribution in [3.63, 3.8) is 0 Å². The van der Waals surface area contributed by atoms with E-state index in [1.54, 1.807) is 12.1 Å². The second-order valence-corrected chi connectivity index (χ2v) is 2.94. The number of pyridine rings is 1. The van der Waals surface area contributed by atoms with E-state index in [1.165, 1.54) is 6.20 Å². The molecule has 0 saturated heterocycles. The summed E-state index contributed by atoms with van der Waals surface area (Å²) < 4.78 is 0. The number of amides is 2. The number of hydrogen-bond donors (Lipinski definition) is 2. The summed E-state index contributed by atoms with van der Waals surface area (Å²) >= 11 is 0. The maximum absolute atomic E-state index is 10.6. The van der Waals surface area contributed by atoms with Crippen LogP contribution in [-0.2, 0) is 22.4 Å². The molecule has 74 valence electrons. The summed E-state index contributed by atoms with van der Waals surface area (Å²) in [6, 6.07) is 3.36. The fraction of sp³-hybridized carbons (Fsp3) is 0.222. The molecule has 5 heteroatoms. The molecule has 1 aromatic rings. The summed E-state index contributed by atoms with van der Waals surface area (Å²) in [6.45, 7) is 0. The van der Waals surface area contributed by atoms with E-state index in [1.807, 2.05) is 0 Å². The van der Waals surface area contributed by atoms with Gasteiger partial charge in [-0.1, -0.05) is 6.07 Å². The van der Waals surface area contributed by atoms with Crippen LogP contribution in [-0.4, -0.2) is 16.8 Å². The Morgan fingerprint density at radius 1 is 1.14 bits per heavy atom. The lowest BCUT2D eigenvalue weighted by Gasteiger charge is -1.99. The van der Waals surface area contributed by atoms with Crippen molar-refractivity contribution < 1.29 is 9.59 Å². The Balaban J connectivity index is 2.68. The van der Waals surface area contributed by atoms with Gasteiger partial charge >= 0.3 is 0 Å². The van der Waals surface area contributed by atoms with E-state index in [0.717, 1.165) is 5.56 Å². The normalized spacial score (nSPS) is 9.71. The van der Waals surface area contributed by atoms with Crippen LogP contribution in [0.2, 0.25) is 0 Å². The predicted molar refractivity (Wildman–Crippen MR) is 50.0 cm³/mol. The van der Waals surface area contributed by atoms with Crippen molar-refractivity contribution in [2.45, 2.75) is 12.8 Å². The fourth-order valence-corrected chi connectivity index (χ4v) is 1.04. The van der Waals surface area contributed by atoms with Crippen LogP contribution in [0.25, 0.3) is 0 Å². The zero-order valence-electron chi connectivity index (χ0n) is 7.56. The number of nitrogens with two attached hydrogens (primary N) is 2. The molecule has 5 nitrogen and oxygen atoms in total. The Bertz CT molecular complexity index is 311. The Hall–Kier alpha value is -1.91. The molecule has 0 unspecified atom stereocenters. The highest BCUT2D eigenvalue weighted by molar-refractivity contribution is 5.77. The van der Waals surface area contributed by atoms with Gasteiger partial charge in [-0.15, -0.1) is 0 Å². The van der Waals surface area contributed by atoms with Gasteiger partial charge in [-0.25, -0.2) is 0 Å². The second-order valence-electron chi connectivity index (χ2n) is 2.94. The third-order valence-corrected chi connectivity index (χ3v) is 1.62. The summed E-state index contributed by atoms with van der Waals surface area (Å²) in [4.78, 5) is 25.1. The zero-order valence-corrected chi connectivity index (χ0v) is 7.56. The van der Waals surface area contributed by atoms with E-state index in [2.05, 4.69) is 4.98 Å². The van der Waals surface area contributed by atoms with E-state index in [9.17, 15) is 9.59 Å². The molecule has 0 aromatic carbocycles. The topological polar surface area (TPSA) is 99.1 Å². The zero-order chi connectivity index (χ0) is 10.6. The summed E-state index contributed by atoms with van der Waals surface area (Å²) in [6.07, 6.45) is 1.78. The molecule has 0 aliphatic heterocycles. The first-order valence-corrected chi connectivity index (χ1v) is 4.08. The second kappa shape index (κ2) is 4.36. The highest BCUT2D eigenvalue weighted by atomic mass is 16.1. The molecule has 0 aliphatic carbocycles. The molecular formula is C9H11N3O2. The molecule has 1 aromatic heterocycles. The number of carbonyl (C=O) groups is 2. The molecule has 4 N–H and O–H groups in total. The Morgan fingerprint density at radius 3 is 2.21 bits per heavy atom. The lowest BCUT2D eigenvalue weighted by atomic mass is 10.1. The fourth-order valence-electron chi connectivity index (χ4n) is 1.04. The van der Waals surface area contributed by atoms with Crippen molar-refractivity contribution >= 4 is 11.8 Å². The third-order valence-electron chi connectivity index (χ3n) is 1.62. The van der Waals surface area contributed by atoms with Crippen LogP contribution in [0, 0.1) is 0 Å². The molecule has 1 rings (SSSR count). The molecule has 0 atom stereocenters. The van der Waals surface area contributed by atoms with Gasteiger partial charge in [0, 0.05) is 11.9 Å². The van der Waals surface area contributed by atoms with Gasteiger partial charge in [-0.3, -0.25) is 14.6 Å². The monoisotopic (exact) mass is 193 g/mol. The van der Waals surface area contributed by atoms with Crippen molar-refractivity contribution in [2.75, 3.05) is 0 Å². The van der Waals surface area contributed by atoms with Crippen molar-refractivity contribution in [3.8, 4) is 0 Å². The van der Waals surface area contributed by atoms with Gasteiger partial charge in [0.25, 0.3) is 0 Å². The molecular weight excluding hydrogens is 182 g/mol. The minimum absolute atomic E-state index is 0.108. The number of hydrogen-bond acceptors (Lipinski definition) is 3. The number of aromatic nitrogens is 1. The van der Waals surface area contributed by atoms with E-state index >= 15 is 0 Å². The Kier molecular flexibility index (Phi) is 3.17. The predicted octanol–water partition coefficient (Wildman–Crippen LogP) is -0.863. The third kappa shape index (κ3) is 3.22. The minimum atomic E-state index is -0.430. The molecule has 0 spiro atoms. The maximum Gasteiger partial charge on any atom is 0.223 e. The molecule has 0 bridgehead atoms. The van der Waals surface area contributed by atoms with Gasteiger partial charge in [0.1, 0.15) is 0 Å². The van der Waals surface area contributed by atoms with Crippen LogP contribution >= 0.6 is 0 Å². The number of rotatable bonds is 4. The van der Waals surface area contributed by atoms with E-state index in [4.69, 9.17) is 11.5 Å². The average Bonchev–Trinajstić information content (AvgIpc) is 2.06. The summed E-state index contributed by atoms with van der Waals surface area (Å²) in [5, 5.41) is 0. The van der Waals surface area contributed by atoms with Crippen LogP contribution < -0.4 is 11.5 Å². The van der Waals surface area contributed by atoms with Crippen molar-refractivity contribution in [1.29, 1.82) is 0 Å². The highest BCUT2D eigenvalue weighted by Gasteiger charge is 2.01. The SMILES string of the molecule is NC(=O)Cc1ccc(CC(N)=O)nc1. The maximum atomic E-state index is 10.6. The van der Waals surface area contributed by atoms with E-state index in [-0.39, 0.29) is 12.8 Å². The number of nitrogens with zero attached hydrogens (tertiary/aromatic N) is 1. The standard InChI is InChI=1S/C9H11N3O2/c10-8(13)3-6-1-2-7(12-5-6)4-9(11)14/h1-2,5H,3-4H2,(H2,10,13)(H2,11,14). The quantitative estimate of drug-likeness (QED) is 0.650. The number of carbonyl (C=O) groups excluding carboxylic acids is 2. The molecule has 0 saturated carbocycles. The lowest BCUT2D eigenvalue weighted by molar-refractivity contribution is -0.118. The first kappa shape index (κ1) is 10.2. The molecule has 0 radical (unpaired) electrons. The number of primary amides is 2. The van der Waals surface area contributed by atoms with Gasteiger partial charge in [0.2, 0.25) is 11.8 Å². The van der Waals surface area contributed by atoms with Gasteiger partial charge in [-0.05, 0) is 11.6 Å². The van der Waals surface area contributed by atoms with Crippen LogP contribution in [0.1, 0.15) is 11.3 Å². The minimum Gasteiger partial charge on any atom is -0.369 e. The van der Waals surface area contributed by atoms with Crippen LogP contribution in [0.15, 0.2) is 18.3 Å². The van der Waals surface area contributed by atoms with Crippen molar-refractivity contribution in [3.05, 3.63) is 29.6 Å². The van der Waals surface area contributed by atoms with Crippen LogP contribution in [0.5, 0.6) is 0 Å². The Morgan fingerprint density at radius 2 is 1.79 bits per heavy atom. The van der Waals surface area contributed by atoms with Crippen LogP contribution in [0.4, 0.5) is 0 Å². The van der Waals surface area contributed by atoms with Crippen molar-refractivity contribution in [1.82, 2.24) is 4.98 Å². The molecule has 2 amide bonds. The van der Waals surface area contributed by atoms with Crippen LogP contribution in [0.3, 0.4) is 0 Å². The smallest absolute Gasteiger partial charge is 0.223 e. The highest BCUT2D eigenvalue weighted by Crippen LogP contribution is 2.01.